The number of hydrogen-bond donors (Lipinski definition) is 2. The van der Waals surface area contributed by atoms with Crippen LogP contribution in [-0.4, -0.2) is 56.8 Å². The molecule has 2 aliphatic heterocycles. The maximum Gasteiger partial charge on any atom is 0.179 e. The van der Waals surface area contributed by atoms with E-state index in [1.807, 2.05) is 30.6 Å². The highest BCUT2D eigenvalue weighted by atomic mass is 35.5. The fourth-order valence-electron chi connectivity index (χ4n) is 4.91. The van der Waals surface area contributed by atoms with Crippen LogP contribution in [0.4, 0.5) is 5.82 Å². The van der Waals surface area contributed by atoms with E-state index in [9.17, 15) is 0 Å². The lowest BCUT2D eigenvalue weighted by molar-refractivity contribution is 0.0974. The molecule has 0 aliphatic carbocycles. The molecular formula is C23H24ClN7OS. The van der Waals surface area contributed by atoms with Crippen LogP contribution in [0, 0.1) is 5.41 Å². The molecule has 4 aromatic heterocycles. The van der Waals surface area contributed by atoms with E-state index >= 15 is 0 Å². The number of H-pyrrole nitrogens is 1. The van der Waals surface area contributed by atoms with Gasteiger partial charge in [-0.05, 0) is 38.0 Å². The smallest absolute Gasteiger partial charge is 0.179 e. The molecule has 6 rings (SSSR count). The predicted octanol–water partition coefficient (Wildman–Crippen LogP) is 4.04. The largest absolute Gasteiger partial charge is 0.376 e. The van der Waals surface area contributed by atoms with Crippen molar-refractivity contribution >= 4 is 51.4 Å². The molecule has 6 heterocycles. The zero-order valence-corrected chi connectivity index (χ0v) is 19.7. The van der Waals surface area contributed by atoms with Gasteiger partial charge in [0.15, 0.2) is 5.65 Å². The Morgan fingerprint density at radius 3 is 2.82 bits per heavy atom. The highest BCUT2D eigenvalue weighted by molar-refractivity contribution is 7.99. The number of aromatic nitrogens is 5. The van der Waals surface area contributed by atoms with Crippen molar-refractivity contribution in [1.29, 1.82) is 0 Å². The van der Waals surface area contributed by atoms with E-state index in [0.29, 0.717) is 10.7 Å². The molecule has 0 aromatic carbocycles. The number of nitrogens with one attached hydrogen (secondary N) is 1. The van der Waals surface area contributed by atoms with Crippen LogP contribution in [0.2, 0.25) is 5.02 Å². The van der Waals surface area contributed by atoms with Crippen molar-refractivity contribution in [2.24, 2.45) is 11.1 Å². The maximum atomic E-state index is 6.45. The van der Waals surface area contributed by atoms with E-state index in [1.54, 1.807) is 6.20 Å². The number of nitrogens with zero attached hydrogens (tertiary/aromatic N) is 5. The fourth-order valence-corrected chi connectivity index (χ4v) is 6.08. The minimum absolute atomic E-state index is 0.0903. The Kier molecular flexibility index (Phi) is 5.17. The zero-order chi connectivity index (χ0) is 22.6. The molecule has 170 valence electrons. The van der Waals surface area contributed by atoms with Crippen LogP contribution in [-0.2, 0) is 4.74 Å². The zero-order valence-electron chi connectivity index (χ0n) is 18.2. The van der Waals surface area contributed by atoms with Crippen molar-refractivity contribution in [3.05, 3.63) is 41.8 Å². The summed E-state index contributed by atoms with van der Waals surface area (Å²) in [5.74, 6) is 0.881. The lowest BCUT2D eigenvalue weighted by Crippen LogP contribution is -2.50. The van der Waals surface area contributed by atoms with Gasteiger partial charge in [0.1, 0.15) is 22.0 Å². The number of ether oxygens (including phenoxy) is 1. The molecule has 0 bridgehead atoms. The van der Waals surface area contributed by atoms with Crippen LogP contribution < -0.4 is 10.6 Å². The third kappa shape index (κ3) is 3.63. The van der Waals surface area contributed by atoms with E-state index in [0.717, 1.165) is 64.8 Å². The number of rotatable bonds is 3. The predicted molar refractivity (Wildman–Crippen MR) is 130 cm³/mol. The average molecular weight is 482 g/mol. The third-order valence-corrected chi connectivity index (χ3v) is 8.48. The summed E-state index contributed by atoms with van der Waals surface area (Å²) >= 11 is 7.92. The first-order valence-corrected chi connectivity index (χ1v) is 12.3. The van der Waals surface area contributed by atoms with Crippen molar-refractivity contribution in [2.75, 3.05) is 24.6 Å². The Balaban J connectivity index is 1.22. The molecule has 0 amide bonds. The number of anilines is 1. The second kappa shape index (κ2) is 8.09. The first kappa shape index (κ1) is 21.1. The van der Waals surface area contributed by atoms with E-state index < -0.39 is 0 Å². The molecular weight excluding hydrogens is 458 g/mol. The SMILES string of the molecule is C[C@@H]1OCC2(CCN(c3cnc4nc(Sc5c(Cl)cnc6[nH]ccc56)ccc4n3)CC2)[C@@H]1N. The molecule has 0 saturated carbocycles. The van der Waals surface area contributed by atoms with Gasteiger partial charge in [0.25, 0.3) is 0 Å². The summed E-state index contributed by atoms with van der Waals surface area (Å²) in [5, 5.41) is 2.38. The lowest BCUT2D eigenvalue weighted by atomic mass is 9.73. The molecule has 33 heavy (non-hydrogen) atoms. The Labute approximate surface area is 200 Å². The molecule has 2 saturated heterocycles. The highest BCUT2D eigenvalue weighted by Crippen LogP contribution is 2.42. The van der Waals surface area contributed by atoms with E-state index in [4.69, 9.17) is 32.0 Å². The van der Waals surface area contributed by atoms with Gasteiger partial charge in [-0.25, -0.2) is 19.9 Å². The van der Waals surface area contributed by atoms with Crippen LogP contribution in [0.5, 0.6) is 0 Å². The molecule has 4 aromatic rings. The summed E-state index contributed by atoms with van der Waals surface area (Å²) in [6, 6.07) is 6.00. The Bertz CT molecular complexity index is 1340. The van der Waals surface area contributed by atoms with Crippen LogP contribution in [0.3, 0.4) is 0 Å². The topological polar surface area (TPSA) is 106 Å². The molecule has 3 N–H and O–H groups in total. The van der Waals surface area contributed by atoms with Gasteiger partial charge in [-0.15, -0.1) is 0 Å². The van der Waals surface area contributed by atoms with Crippen LogP contribution in [0.1, 0.15) is 19.8 Å². The molecule has 0 unspecified atom stereocenters. The molecule has 8 nitrogen and oxygen atoms in total. The summed E-state index contributed by atoms with van der Waals surface area (Å²) < 4.78 is 5.84. The van der Waals surface area contributed by atoms with Crippen molar-refractivity contribution in [2.45, 2.75) is 41.8 Å². The number of aromatic amines is 1. The minimum Gasteiger partial charge on any atom is -0.376 e. The summed E-state index contributed by atoms with van der Waals surface area (Å²) in [6.45, 7) is 4.63. The number of pyridine rings is 2. The number of piperidine rings is 1. The summed E-state index contributed by atoms with van der Waals surface area (Å²) in [4.78, 5) is 24.8. The number of hydrogen-bond acceptors (Lipinski definition) is 8. The standard InChI is InChI=1S/C23H24ClN7OS/c1-13-20(25)23(12-32-13)5-8-31(9-6-23)17-11-28-22-16(29-17)2-3-18(30-22)33-19-14-4-7-26-21(14)27-10-15(19)24/h2-4,7,10-11,13,20H,5-6,8-9,12,25H2,1H3,(H,26,27)/t13-,20+/m0/s1. The van der Waals surface area contributed by atoms with E-state index in [-0.39, 0.29) is 17.6 Å². The van der Waals surface area contributed by atoms with E-state index in [2.05, 4.69) is 26.8 Å². The molecule has 1 spiro atoms. The van der Waals surface area contributed by atoms with Crippen LogP contribution >= 0.6 is 23.4 Å². The maximum absolute atomic E-state index is 6.45. The fraction of sp³-hybridized carbons (Fsp3) is 0.391. The van der Waals surface area contributed by atoms with Gasteiger partial charge in [-0.2, -0.15) is 0 Å². The second-order valence-electron chi connectivity index (χ2n) is 8.89. The van der Waals surface area contributed by atoms with Gasteiger partial charge in [0.05, 0.1) is 23.9 Å². The molecule has 2 aliphatic rings. The lowest BCUT2D eigenvalue weighted by Gasteiger charge is -2.41. The van der Waals surface area contributed by atoms with Gasteiger partial charge in [0.2, 0.25) is 0 Å². The van der Waals surface area contributed by atoms with Crippen molar-refractivity contribution in [3.63, 3.8) is 0 Å². The third-order valence-electron chi connectivity index (χ3n) is 7.00. The summed E-state index contributed by atoms with van der Waals surface area (Å²) in [6.07, 6.45) is 7.47. The van der Waals surface area contributed by atoms with Crippen molar-refractivity contribution in [1.82, 2.24) is 24.9 Å². The number of nitrogens with two attached hydrogens (primary N) is 1. The Morgan fingerprint density at radius 1 is 1.18 bits per heavy atom. The van der Waals surface area contributed by atoms with Crippen molar-refractivity contribution < 1.29 is 4.74 Å². The monoisotopic (exact) mass is 481 g/mol. The Hall–Kier alpha value is -2.46. The molecule has 0 radical (unpaired) electrons. The highest BCUT2D eigenvalue weighted by Gasteiger charge is 2.47. The van der Waals surface area contributed by atoms with Crippen molar-refractivity contribution in [3.8, 4) is 0 Å². The summed E-state index contributed by atoms with van der Waals surface area (Å²) in [7, 11) is 0. The van der Waals surface area contributed by atoms with Crippen LogP contribution in [0.25, 0.3) is 22.2 Å². The van der Waals surface area contributed by atoms with Gasteiger partial charge in [0, 0.05) is 47.2 Å². The van der Waals surface area contributed by atoms with Gasteiger partial charge in [-0.1, -0.05) is 23.4 Å². The second-order valence-corrected chi connectivity index (χ2v) is 10.3. The summed E-state index contributed by atoms with van der Waals surface area (Å²) in [5.41, 5.74) is 8.74. The first-order valence-electron chi connectivity index (χ1n) is 11.1. The van der Waals surface area contributed by atoms with Crippen LogP contribution in [0.15, 0.2) is 46.7 Å². The normalized spacial score (nSPS) is 22.6. The van der Waals surface area contributed by atoms with Gasteiger partial charge < -0.3 is 20.4 Å². The molecule has 2 fully saturated rings. The molecule has 2 atom stereocenters. The number of fused-ring (bicyclic) bond motifs is 2. The molecule has 10 heteroatoms. The van der Waals surface area contributed by atoms with Gasteiger partial charge >= 0.3 is 0 Å². The van der Waals surface area contributed by atoms with Gasteiger partial charge in [-0.3, -0.25) is 0 Å². The minimum atomic E-state index is 0.0903. The average Bonchev–Trinajstić information content (AvgIpc) is 3.42. The first-order chi connectivity index (χ1) is 16.0. The Morgan fingerprint density at radius 2 is 2.03 bits per heavy atom. The quantitative estimate of drug-likeness (QED) is 0.451. The number of halogens is 1. The van der Waals surface area contributed by atoms with E-state index in [1.165, 1.54) is 11.8 Å².